The van der Waals surface area contributed by atoms with Crippen molar-refractivity contribution in [2.24, 2.45) is 0 Å². The second-order valence-electron chi connectivity index (χ2n) is 6.48. The van der Waals surface area contributed by atoms with Gasteiger partial charge in [0.05, 0.1) is 6.61 Å². The number of oxazole rings is 1. The van der Waals surface area contributed by atoms with Crippen molar-refractivity contribution >= 4 is 17.3 Å². The van der Waals surface area contributed by atoms with Gasteiger partial charge in [-0.15, -0.1) is 0 Å². The summed E-state index contributed by atoms with van der Waals surface area (Å²) in [6.07, 6.45) is -4.86. The lowest BCUT2D eigenvalue weighted by atomic mass is 10.2. The van der Waals surface area contributed by atoms with Crippen LogP contribution in [0.3, 0.4) is 0 Å². The molecule has 0 aliphatic heterocycles. The van der Waals surface area contributed by atoms with E-state index in [0.29, 0.717) is 24.4 Å². The van der Waals surface area contributed by atoms with Crippen molar-refractivity contribution in [2.45, 2.75) is 6.18 Å². The molecule has 1 heterocycles. The van der Waals surface area contributed by atoms with Gasteiger partial charge >= 0.3 is 6.18 Å². The third-order valence-electron chi connectivity index (χ3n) is 4.32. The van der Waals surface area contributed by atoms with Crippen molar-refractivity contribution in [1.29, 1.82) is 0 Å². The number of amides is 1. The van der Waals surface area contributed by atoms with Crippen molar-refractivity contribution in [3.8, 4) is 11.5 Å². The molecular weight excluding hydrogens is 399 g/mol. The third kappa shape index (κ3) is 4.98. The minimum atomic E-state index is -4.86. The van der Waals surface area contributed by atoms with Gasteiger partial charge in [-0.2, -0.15) is 13.2 Å². The molecule has 0 aliphatic rings. The molecular formula is C21H20F3N3O3. The van der Waals surface area contributed by atoms with Crippen LogP contribution in [0.2, 0.25) is 0 Å². The Morgan fingerprint density at radius 1 is 1.13 bits per heavy atom. The van der Waals surface area contributed by atoms with Crippen molar-refractivity contribution in [1.82, 2.24) is 4.98 Å². The number of carbonyl (C=O) groups excluding carboxylic acids is 1. The van der Waals surface area contributed by atoms with Crippen LogP contribution in [-0.4, -0.2) is 38.2 Å². The van der Waals surface area contributed by atoms with Gasteiger partial charge < -0.3 is 19.4 Å². The number of likely N-dealkylation sites (N-methyl/N-ethyl adjacent to an activating group) is 1. The molecule has 0 saturated heterocycles. The fourth-order valence-corrected chi connectivity index (χ4v) is 2.72. The zero-order valence-corrected chi connectivity index (χ0v) is 16.4. The summed E-state index contributed by atoms with van der Waals surface area (Å²) in [5.74, 6) is -2.72. The average molecular weight is 419 g/mol. The van der Waals surface area contributed by atoms with E-state index in [1.807, 2.05) is 11.9 Å². The number of nitrogens with one attached hydrogen (secondary N) is 1. The molecule has 2 aromatic carbocycles. The fraction of sp³-hybridized carbons (Fsp3) is 0.238. The van der Waals surface area contributed by atoms with Gasteiger partial charge in [-0.3, -0.25) is 4.79 Å². The number of halogens is 3. The molecule has 1 N–H and O–H groups in total. The number of hydrogen-bond donors (Lipinski definition) is 1. The molecule has 0 radical (unpaired) electrons. The van der Waals surface area contributed by atoms with E-state index in [0.717, 1.165) is 5.69 Å². The number of aromatic nitrogens is 1. The zero-order chi connectivity index (χ0) is 21.7. The number of ether oxygens (including phenoxy) is 1. The maximum Gasteiger partial charge on any atom is 0.452 e. The second kappa shape index (κ2) is 9.00. The standard InChI is InChI=1S/C21H20F3N3O3/c1-27(12-13-29-2)16-10-8-15(9-11-16)25-19(28)17-18(21(22,23)24)30-20(26-17)14-6-4-3-5-7-14/h3-11H,12-13H2,1-2H3,(H,25,28). The van der Waals surface area contributed by atoms with Crippen LogP contribution in [0.4, 0.5) is 24.5 Å². The summed E-state index contributed by atoms with van der Waals surface area (Å²) in [5.41, 5.74) is 0.725. The van der Waals surface area contributed by atoms with Crippen LogP contribution >= 0.6 is 0 Å². The van der Waals surface area contributed by atoms with Crippen molar-refractivity contribution in [3.63, 3.8) is 0 Å². The number of benzene rings is 2. The molecule has 30 heavy (non-hydrogen) atoms. The topological polar surface area (TPSA) is 67.6 Å². The number of anilines is 2. The first-order chi connectivity index (χ1) is 14.3. The average Bonchev–Trinajstić information content (AvgIpc) is 3.19. The molecule has 0 spiro atoms. The molecule has 0 aliphatic carbocycles. The molecule has 158 valence electrons. The molecule has 0 atom stereocenters. The number of nitrogens with zero attached hydrogens (tertiary/aromatic N) is 2. The summed E-state index contributed by atoms with van der Waals surface area (Å²) in [4.78, 5) is 18.3. The Morgan fingerprint density at radius 2 is 1.80 bits per heavy atom. The van der Waals surface area contributed by atoms with E-state index in [9.17, 15) is 18.0 Å². The highest BCUT2D eigenvalue weighted by Gasteiger charge is 2.42. The normalized spacial score (nSPS) is 11.4. The first-order valence-corrected chi connectivity index (χ1v) is 9.04. The molecule has 0 fully saturated rings. The lowest BCUT2D eigenvalue weighted by molar-refractivity contribution is -0.153. The monoisotopic (exact) mass is 419 g/mol. The Hall–Kier alpha value is -3.33. The Labute approximate surface area is 171 Å². The van der Waals surface area contributed by atoms with Crippen LogP contribution in [0.15, 0.2) is 59.0 Å². The molecule has 3 rings (SSSR count). The Morgan fingerprint density at radius 3 is 2.40 bits per heavy atom. The molecule has 1 aromatic heterocycles. The van der Waals surface area contributed by atoms with Crippen LogP contribution in [-0.2, 0) is 10.9 Å². The highest BCUT2D eigenvalue weighted by atomic mass is 19.4. The van der Waals surface area contributed by atoms with Crippen LogP contribution in [0.1, 0.15) is 16.2 Å². The highest BCUT2D eigenvalue weighted by molar-refractivity contribution is 6.04. The first kappa shape index (κ1) is 21.4. The summed E-state index contributed by atoms with van der Waals surface area (Å²) in [6, 6.07) is 14.8. The molecule has 6 nitrogen and oxygen atoms in total. The van der Waals surface area contributed by atoms with Crippen molar-refractivity contribution in [3.05, 3.63) is 66.1 Å². The van der Waals surface area contributed by atoms with Crippen LogP contribution in [0, 0.1) is 0 Å². The molecule has 3 aromatic rings. The minimum Gasteiger partial charge on any atom is -0.431 e. The van der Waals surface area contributed by atoms with E-state index in [-0.39, 0.29) is 5.89 Å². The van der Waals surface area contributed by atoms with Gasteiger partial charge in [0.15, 0.2) is 5.69 Å². The van der Waals surface area contributed by atoms with E-state index < -0.39 is 23.5 Å². The maximum atomic E-state index is 13.4. The van der Waals surface area contributed by atoms with Gasteiger partial charge in [0.25, 0.3) is 5.91 Å². The van der Waals surface area contributed by atoms with Gasteiger partial charge in [-0.05, 0) is 36.4 Å². The molecule has 9 heteroatoms. The molecule has 0 unspecified atom stereocenters. The maximum absolute atomic E-state index is 13.4. The summed E-state index contributed by atoms with van der Waals surface area (Å²) < 4.78 is 50.1. The summed E-state index contributed by atoms with van der Waals surface area (Å²) in [6.45, 7) is 1.21. The van der Waals surface area contributed by atoms with E-state index in [1.165, 1.54) is 0 Å². The van der Waals surface area contributed by atoms with Gasteiger partial charge in [-0.1, -0.05) is 18.2 Å². The van der Waals surface area contributed by atoms with E-state index in [4.69, 9.17) is 9.15 Å². The zero-order valence-electron chi connectivity index (χ0n) is 16.4. The predicted molar refractivity (Wildman–Crippen MR) is 106 cm³/mol. The number of methoxy groups -OCH3 is 1. The molecule has 0 saturated carbocycles. The molecule has 0 bridgehead atoms. The summed E-state index contributed by atoms with van der Waals surface area (Å²) in [7, 11) is 3.48. The van der Waals surface area contributed by atoms with E-state index in [2.05, 4.69) is 10.3 Å². The minimum absolute atomic E-state index is 0.275. The van der Waals surface area contributed by atoms with Crippen LogP contribution in [0.25, 0.3) is 11.5 Å². The summed E-state index contributed by atoms with van der Waals surface area (Å²) in [5, 5.41) is 2.44. The summed E-state index contributed by atoms with van der Waals surface area (Å²) >= 11 is 0. The van der Waals surface area contributed by atoms with Gasteiger partial charge in [0, 0.05) is 37.6 Å². The van der Waals surface area contributed by atoms with Gasteiger partial charge in [0.2, 0.25) is 11.7 Å². The number of alkyl halides is 3. The first-order valence-electron chi connectivity index (χ1n) is 9.04. The number of rotatable bonds is 7. The van der Waals surface area contributed by atoms with Gasteiger partial charge in [-0.25, -0.2) is 4.98 Å². The fourth-order valence-electron chi connectivity index (χ4n) is 2.72. The van der Waals surface area contributed by atoms with Crippen LogP contribution < -0.4 is 10.2 Å². The van der Waals surface area contributed by atoms with Crippen LogP contribution in [0.5, 0.6) is 0 Å². The number of hydrogen-bond acceptors (Lipinski definition) is 5. The van der Waals surface area contributed by atoms with Crippen molar-refractivity contribution in [2.75, 3.05) is 37.5 Å². The molecule has 1 amide bonds. The second-order valence-corrected chi connectivity index (χ2v) is 6.48. The Balaban J connectivity index is 1.82. The smallest absolute Gasteiger partial charge is 0.431 e. The quantitative estimate of drug-likeness (QED) is 0.602. The highest BCUT2D eigenvalue weighted by Crippen LogP contribution is 2.35. The van der Waals surface area contributed by atoms with Crippen molar-refractivity contribution < 1.29 is 27.1 Å². The third-order valence-corrected chi connectivity index (χ3v) is 4.32. The number of carbonyl (C=O) groups is 1. The lowest BCUT2D eigenvalue weighted by Gasteiger charge is -2.19. The predicted octanol–water partition coefficient (Wildman–Crippen LogP) is 4.70. The Bertz CT molecular complexity index is 986. The van der Waals surface area contributed by atoms with Gasteiger partial charge in [0.1, 0.15) is 0 Å². The SMILES string of the molecule is COCCN(C)c1ccc(NC(=O)c2nc(-c3ccccc3)oc2C(F)(F)F)cc1. The lowest BCUT2D eigenvalue weighted by Crippen LogP contribution is -2.22. The van der Waals surface area contributed by atoms with E-state index in [1.54, 1.807) is 61.7 Å². The Kier molecular flexibility index (Phi) is 6.41. The largest absolute Gasteiger partial charge is 0.452 e. The van der Waals surface area contributed by atoms with E-state index >= 15 is 0 Å².